The third kappa shape index (κ3) is 3.29. The number of hydrogen-bond donors (Lipinski definition) is 1. The first-order chi connectivity index (χ1) is 7.45. The molecule has 0 aliphatic carbocycles. The lowest BCUT2D eigenvalue weighted by Crippen LogP contribution is -2.33. The van der Waals surface area contributed by atoms with Crippen molar-refractivity contribution in [3.63, 3.8) is 0 Å². The fourth-order valence-electron chi connectivity index (χ4n) is 1.05. The molecular formula is C10H11F4NO. The molecule has 1 aromatic rings. The van der Waals surface area contributed by atoms with Gasteiger partial charge in [0.2, 0.25) is 0 Å². The molecule has 0 amide bonds. The average molecular weight is 237 g/mol. The third-order valence-corrected chi connectivity index (χ3v) is 1.74. The molecule has 1 N–H and O–H groups in total. The van der Waals surface area contributed by atoms with Gasteiger partial charge in [-0.05, 0) is 31.2 Å². The van der Waals surface area contributed by atoms with Crippen LogP contribution in [-0.2, 0) is 0 Å². The van der Waals surface area contributed by atoms with Crippen LogP contribution >= 0.6 is 0 Å². The number of nitrogens with one attached hydrogen (secondary N) is 1. The maximum Gasteiger partial charge on any atom is 0.461 e. The molecule has 90 valence electrons. The Morgan fingerprint density at radius 3 is 2.25 bits per heavy atom. The van der Waals surface area contributed by atoms with Gasteiger partial charge in [0, 0.05) is 12.2 Å². The summed E-state index contributed by atoms with van der Waals surface area (Å²) in [6.45, 7) is 2.54. The van der Waals surface area contributed by atoms with Crippen LogP contribution in [0.3, 0.4) is 0 Å². The minimum Gasteiger partial charge on any atom is -0.428 e. The molecule has 2 nitrogen and oxygen atoms in total. The molecule has 0 aliphatic rings. The Morgan fingerprint density at radius 2 is 1.81 bits per heavy atom. The highest BCUT2D eigenvalue weighted by Crippen LogP contribution is 2.27. The van der Waals surface area contributed by atoms with E-state index in [9.17, 15) is 17.6 Å². The zero-order valence-electron chi connectivity index (χ0n) is 8.51. The summed E-state index contributed by atoms with van der Waals surface area (Å²) in [7, 11) is 0. The molecule has 16 heavy (non-hydrogen) atoms. The van der Waals surface area contributed by atoms with E-state index in [0.29, 0.717) is 12.2 Å². The summed E-state index contributed by atoms with van der Waals surface area (Å²) in [4.78, 5) is 0. The highest BCUT2D eigenvalue weighted by Gasteiger charge is 2.43. The number of benzene rings is 1. The zero-order chi connectivity index (χ0) is 12.2. The molecule has 0 saturated heterocycles. The second-order valence-corrected chi connectivity index (χ2v) is 3.02. The van der Waals surface area contributed by atoms with Crippen LogP contribution in [0.1, 0.15) is 6.92 Å². The van der Waals surface area contributed by atoms with Crippen LogP contribution in [0.15, 0.2) is 24.3 Å². The number of anilines is 1. The van der Waals surface area contributed by atoms with Crippen LogP contribution in [0.2, 0.25) is 0 Å². The number of hydrogen-bond acceptors (Lipinski definition) is 2. The summed E-state index contributed by atoms with van der Waals surface area (Å²) in [6.07, 6.45) is -8.30. The van der Waals surface area contributed by atoms with Crippen molar-refractivity contribution in [3.8, 4) is 5.75 Å². The van der Waals surface area contributed by atoms with Gasteiger partial charge in [0.25, 0.3) is 0 Å². The van der Waals surface area contributed by atoms with Crippen LogP contribution < -0.4 is 10.1 Å². The number of alkyl halides is 4. The molecule has 0 fully saturated rings. The van der Waals surface area contributed by atoms with Crippen LogP contribution in [0.5, 0.6) is 5.75 Å². The molecule has 0 bridgehead atoms. The van der Waals surface area contributed by atoms with E-state index in [1.165, 1.54) is 24.3 Å². The quantitative estimate of drug-likeness (QED) is 0.793. The summed E-state index contributed by atoms with van der Waals surface area (Å²) in [5.41, 5.74) is 0.704. The standard InChI is InChI=1S/C10H11F4NO/c1-2-15-7-3-5-8(6-4-7)16-10(13,14)9(11)12/h3-6,9,15H,2H2,1H3. The van der Waals surface area contributed by atoms with E-state index in [0.717, 1.165) is 0 Å². The fraction of sp³-hybridized carbons (Fsp3) is 0.400. The fourth-order valence-corrected chi connectivity index (χ4v) is 1.05. The molecule has 0 heterocycles. The van der Waals surface area contributed by atoms with Crippen LogP contribution in [0.25, 0.3) is 0 Å². The van der Waals surface area contributed by atoms with E-state index >= 15 is 0 Å². The second-order valence-electron chi connectivity index (χ2n) is 3.02. The van der Waals surface area contributed by atoms with Crippen molar-refractivity contribution < 1.29 is 22.3 Å². The lowest BCUT2D eigenvalue weighted by Gasteiger charge is -2.16. The van der Waals surface area contributed by atoms with Crippen molar-refractivity contribution >= 4 is 5.69 Å². The van der Waals surface area contributed by atoms with Gasteiger partial charge in [-0.25, -0.2) is 0 Å². The molecule has 0 unspecified atom stereocenters. The molecule has 0 spiro atoms. The number of halogens is 4. The smallest absolute Gasteiger partial charge is 0.428 e. The Kier molecular flexibility index (Phi) is 3.98. The predicted octanol–water partition coefficient (Wildman–Crippen LogP) is 3.36. The average Bonchev–Trinajstić information content (AvgIpc) is 2.21. The van der Waals surface area contributed by atoms with E-state index in [1.807, 2.05) is 6.92 Å². The normalized spacial score (nSPS) is 11.6. The molecule has 0 saturated carbocycles. The molecule has 1 rings (SSSR count). The topological polar surface area (TPSA) is 21.3 Å². The van der Waals surface area contributed by atoms with Gasteiger partial charge in [-0.15, -0.1) is 0 Å². The highest BCUT2D eigenvalue weighted by atomic mass is 19.3. The van der Waals surface area contributed by atoms with E-state index in [-0.39, 0.29) is 5.75 Å². The summed E-state index contributed by atoms with van der Waals surface area (Å²) in [5.74, 6) is -0.299. The zero-order valence-corrected chi connectivity index (χ0v) is 8.51. The largest absolute Gasteiger partial charge is 0.461 e. The first-order valence-corrected chi connectivity index (χ1v) is 4.64. The SMILES string of the molecule is CCNc1ccc(OC(F)(F)C(F)F)cc1. The molecule has 0 radical (unpaired) electrons. The molecule has 6 heteroatoms. The van der Waals surface area contributed by atoms with Gasteiger partial charge in [-0.3, -0.25) is 0 Å². The van der Waals surface area contributed by atoms with Crippen molar-refractivity contribution in [2.75, 3.05) is 11.9 Å². The van der Waals surface area contributed by atoms with E-state index in [2.05, 4.69) is 10.1 Å². The Labute approximate surface area is 90.2 Å². The van der Waals surface area contributed by atoms with Gasteiger partial charge in [-0.2, -0.15) is 17.6 Å². The number of ether oxygens (including phenoxy) is 1. The van der Waals surface area contributed by atoms with Crippen LogP contribution in [0.4, 0.5) is 23.2 Å². The van der Waals surface area contributed by atoms with E-state index < -0.39 is 12.5 Å². The van der Waals surface area contributed by atoms with Crippen molar-refractivity contribution in [1.82, 2.24) is 0 Å². The predicted molar refractivity (Wildman–Crippen MR) is 52.2 cm³/mol. The van der Waals surface area contributed by atoms with Gasteiger partial charge in [0.15, 0.2) is 0 Å². The molecule has 0 aliphatic heterocycles. The van der Waals surface area contributed by atoms with Crippen molar-refractivity contribution in [1.29, 1.82) is 0 Å². The Balaban J connectivity index is 2.68. The van der Waals surface area contributed by atoms with Crippen LogP contribution in [-0.4, -0.2) is 19.1 Å². The minimum atomic E-state index is -4.46. The first-order valence-electron chi connectivity index (χ1n) is 4.64. The lowest BCUT2D eigenvalue weighted by atomic mass is 10.3. The molecule has 0 aromatic heterocycles. The number of rotatable bonds is 5. The van der Waals surface area contributed by atoms with Crippen molar-refractivity contribution in [3.05, 3.63) is 24.3 Å². The summed E-state index contributed by atoms with van der Waals surface area (Å²) >= 11 is 0. The molecular weight excluding hydrogens is 226 g/mol. The van der Waals surface area contributed by atoms with Crippen LogP contribution in [0, 0.1) is 0 Å². The van der Waals surface area contributed by atoms with Crippen molar-refractivity contribution in [2.24, 2.45) is 0 Å². The summed E-state index contributed by atoms with van der Waals surface area (Å²) in [6, 6.07) is 5.35. The molecule has 1 aromatic carbocycles. The minimum absolute atomic E-state index is 0.299. The third-order valence-electron chi connectivity index (χ3n) is 1.74. The lowest BCUT2D eigenvalue weighted by molar-refractivity contribution is -0.253. The second kappa shape index (κ2) is 5.05. The molecule has 0 atom stereocenters. The van der Waals surface area contributed by atoms with Gasteiger partial charge < -0.3 is 10.1 Å². The van der Waals surface area contributed by atoms with Gasteiger partial charge in [0.1, 0.15) is 5.75 Å². The Bertz CT molecular complexity index is 326. The summed E-state index contributed by atoms with van der Waals surface area (Å²) in [5, 5.41) is 2.93. The van der Waals surface area contributed by atoms with Gasteiger partial charge in [-0.1, -0.05) is 0 Å². The Morgan fingerprint density at radius 1 is 1.25 bits per heavy atom. The highest BCUT2D eigenvalue weighted by molar-refractivity contribution is 5.46. The monoisotopic (exact) mass is 237 g/mol. The van der Waals surface area contributed by atoms with E-state index in [4.69, 9.17) is 0 Å². The van der Waals surface area contributed by atoms with E-state index in [1.54, 1.807) is 0 Å². The Hall–Kier alpha value is -1.46. The van der Waals surface area contributed by atoms with Crippen molar-refractivity contribution in [2.45, 2.75) is 19.5 Å². The first kappa shape index (κ1) is 12.6. The maximum absolute atomic E-state index is 12.5. The maximum atomic E-state index is 12.5. The van der Waals surface area contributed by atoms with Gasteiger partial charge >= 0.3 is 12.5 Å². The van der Waals surface area contributed by atoms with Gasteiger partial charge in [0.05, 0.1) is 0 Å². The summed E-state index contributed by atoms with van der Waals surface area (Å²) < 4.78 is 52.5.